The van der Waals surface area contributed by atoms with Crippen molar-refractivity contribution in [2.45, 2.75) is 13.5 Å². The third-order valence-electron chi connectivity index (χ3n) is 2.55. The second-order valence-corrected chi connectivity index (χ2v) is 4.22. The topological polar surface area (TPSA) is 100 Å². The minimum absolute atomic E-state index is 0.166. The van der Waals surface area contributed by atoms with Crippen LogP contribution < -0.4 is 20.6 Å². The first-order chi connectivity index (χ1) is 9.65. The lowest BCUT2D eigenvalue weighted by atomic mass is 10.2. The van der Waals surface area contributed by atoms with Gasteiger partial charge in [-0.05, 0) is 29.0 Å². The zero-order chi connectivity index (χ0) is 14.5. The summed E-state index contributed by atoms with van der Waals surface area (Å²) in [6.45, 7) is 2.81. The van der Waals surface area contributed by atoms with E-state index in [4.69, 9.17) is 26.8 Å². The fourth-order valence-electron chi connectivity index (χ4n) is 1.61. The Hall–Kier alpha value is -2.22. The van der Waals surface area contributed by atoms with Gasteiger partial charge in [-0.3, -0.25) is 0 Å². The van der Waals surface area contributed by atoms with E-state index < -0.39 is 0 Å². The first-order valence-corrected chi connectivity index (χ1v) is 6.30. The number of benzene rings is 1. The number of nitrogens with zero attached hydrogens (tertiary/aromatic N) is 4. The van der Waals surface area contributed by atoms with E-state index in [1.54, 1.807) is 19.2 Å². The van der Waals surface area contributed by atoms with Crippen LogP contribution in [0.4, 0.5) is 5.95 Å². The Bertz CT molecular complexity index is 588. The lowest BCUT2D eigenvalue weighted by molar-refractivity contribution is 0.310. The summed E-state index contributed by atoms with van der Waals surface area (Å²) in [6.07, 6.45) is 0. The molecule has 0 aliphatic heterocycles. The van der Waals surface area contributed by atoms with Gasteiger partial charge in [0.1, 0.15) is 0 Å². The molecule has 0 amide bonds. The lowest BCUT2D eigenvalue weighted by Crippen LogP contribution is -2.18. The predicted octanol–water partition coefficient (Wildman–Crippen LogP) is 1.06. The maximum atomic E-state index is 6.21. The molecule has 0 saturated heterocycles. The molecule has 3 N–H and O–H groups in total. The highest BCUT2D eigenvalue weighted by Gasteiger charge is 2.11. The van der Waals surface area contributed by atoms with Gasteiger partial charge in [-0.25, -0.2) is 0 Å². The first kappa shape index (κ1) is 14.2. The molecule has 2 aromatic rings. The van der Waals surface area contributed by atoms with Crippen molar-refractivity contribution in [3.63, 3.8) is 0 Å². The average Bonchev–Trinajstić information content (AvgIpc) is 2.84. The molecule has 0 saturated carbocycles. The molecule has 2 rings (SSSR count). The Labute approximate surface area is 120 Å². The maximum Gasteiger partial charge on any atom is 0.260 e. The summed E-state index contributed by atoms with van der Waals surface area (Å²) in [5.41, 5.74) is 9.28. The number of ether oxygens (including phenoxy) is 2. The molecule has 0 atom stereocenters. The molecule has 108 valence electrons. The summed E-state index contributed by atoms with van der Waals surface area (Å²) in [4.78, 5) is 1.26. The second kappa shape index (κ2) is 6.29. The fraction of sp³-hybridized carbons (Fsp3) is 0.364. The third kappa shape index (κ3) is 3.02. The van der Waals surface area contributed by atoms with Gasteiger partial charge in [-0.2, -0.15) is 0 Å². The predicted molar refractivity (Wildman–Crippen MR) is 74.5 cm³/mol. The lowest BCUT2D eigenvalue weighted by Gasteiger charge is -2.13. The van der Waals surface area contributed by atoms with E-state index in [0.717, 1.165) is 5.56 Å². The molecule has 20 heavy (non-hydrogen) atoms. The summed E-state index contributed by atoms with van der Waals surface area (Å²) in [5.74, 6) is 1.38. The zero-order valence-electron chi connectivity index (χ0n) is 11.1. The highest BCUT2D eigenvalue weighted by Crippen LogP contribution is 2.33. The van der Waals surface area contributed by atoms with Crippen molar-refractivity contribution in [2.75, 3.05) is 24.9 Å². The fourth-order valence-corrected chi connectivity index (χ4v) is 1.83. The number of anilines is 1. The van der Waals surface area contributed by atoms with Crippen LogP contribution in [0.2, 0.25) is 5.02 Å². The monoisotopic (exact) mass is 298 g/mol. The smallest absolute Gasteiger partial charge is 0.260 e. The summed E-state index contributed by atoms with van der Waals surface area (Å²) < 4.78 is 10.7. The second-order valence-electron chi connectivity index (χ2n) is 3.81. The van der Waals surface area contributed by atoms with Gasteiger partial charge in [0.15, 0.2) is 11.5 Å². The number of rotatable bonds is 6. The summed E-state index contributed by atoms with van der Waals surface area (Å²) >= 11 is 6.21. The van der Waals surface area contributed by atoms with E-state index in [2.05, 4.69) is 21.0 Å². The van der Waals surface area contributed by atoms with Crippen molar-refractivity contribution in [1.82, 2.24) is 20.3 Å². The van der Waals surface area contributed by atoms with Crippen LogP contribution in [0.3, 0.4) is 0 Å². The van der Waals surface area contributed by atoms with Gasteiger partial charge in [-0.15, -0.1) is 4.79 Å². The average molecular weight is 299 g/mol. The van der Waals surface area contributed by atoms with Crippen LogP contribution in [0.1, 0.15) is 12.5 Å². The van der Waals surface area contributed by atoms with Crippen molar-refractivity contribution in [3.8, 4) is 11.5 Å². The molecule has 8 nitrogen and oxygen atoms in total. The number of nitrogen functional groups attached to an aromatic ring is 1. The SMILES string of the molecule is CCOc1cc(Cl)c(CNn2nnnc2N)cc1OC. The minimum atomic E-state index is 0.166. The van der Waals surface area contributed by atoms with Crippen molar-refractivity contribution >= 4 is 17.5 Å². The van der Waals surface area contributed by atoms with Gasteiger partial charge in [0, 0.05) is 11.1 Å². The number of halogens is 1. The Morgan fingerprint density at radius 3 is 2.80 bits per heavy atom. The van der Waals surface area contributed by atoms with Crippen LogP contribution in [0.25, 0.3) is 0 Å². The van der Waals surface area contributed by atoms with Gasteiger partial charge in [0.2, 0.25) is 0 Å². The minimum Gasteiger partial charge on any atom is -0.493 e. The Morgan fingerprint density at radius 2 is 2.20 bits per heavy atom. The Morgan fingerprint density at radius 1 is 1.40 bits per heavy atom. The molecule has 1 aromatic carbocycles. The van der Waals surface area contributed by atoms with Crippen LogP contribution in [0.5, 0.6) is 11.5 Å². The van der Waals surface area contributed by atoms with E-state index in [-0.39, 0.29) is 5.95 Å². The number of nitrogens with one attached hydrogen (secondary N) is 1. The number of methoxy groups -OCH3 is 1. The van der Waals surface area contributed by atoms with Crippen molar-refractivity contribution in [1.29, 1.82) is 0 Å². The van der Waals surface area contributed by atoms with Crippen molar-refractivity contribution in [3.05, 3.63) is 22.7 Å². The number of tetrazole rings is 1. The van der Waals surface area contributed by atoms with Crippen LogP contribution in [-0.2, 0) is 6.54 Å². The molecule has 0 aliphatic carbocycles. The molecule has 0 unspecified atom stereocenters. The number of aromatic nitrogens is 4. The van der Waals surface area contributed by atoms with Crippen LogP contribution in [0.15, 0.2) is 12.1 Å². The summed E-state index contributed by atoms with van der Waals surface area (Å²) in [7, 11) is 1.57. The van der Waals surface area contributed by atoms with Gasteiger partial charge in [0.05, 0.1) is 20.3 Å². The molecule has 0 bridgehead atoms. The Balaban J connectivity index is 2.17. The van der Waals surface area contributed by atoms with Gasteiger partial charge in [-0.1, -0.05) is 16.7 Å². The number of hydrogen-bond donors (Lipinski definition) is 2. The number of nitrogens with two attached hydrogens (primary N) is 1. The molecule has 0 fully saturated rings. The van der Waals surface area contributed by atoms with E-state index in [9.17, 15) is 0 Å². The number of hydrogen-bond acceptors (Lipinski definition) is 7. The molecule has 1 heterocycles. The molecule has 9 heteroatoms. The Kier molecular flexibility index (Phi) is 4.46. The van der Waals surface area contributed by atoms with Crippen LogP contribution in [0, 0.1) is 0 Å². The van der Waals surface area contributed by atoms with Crippen LogP contribution in [-0.4, -0.2) is 34.0 Å². The van der Waals surface area contributed by atoms with Gasteiger partial charge in [0.25, 0.3) is 5.95 Å². The molecule has 0 radical (unpaired) electrons. The molecular formula is C11H15ClN6O2. The third-order valence-corrected chi connectivity index (χ3v) is 2.90. The molecule has 1 aromatic heterocycles. The summed E-state index contributed by atoms with van der Waals surface area (Å²) in [6, 6.07) is 3.50. The molecular weight excluding hydrogens is 284 g/mol. The van der Waals surface area contributed by atoms with E-state index in [1.165, 1.54) is 4.79 Å². The molecule has 0 spiro atoms. The van der Waals surface area contributed by atoms with Gasteiger partial charge >= 0.3 is 0 Å². The largest absolute Gasteiger partial charge is 0.493 e. The van der Waals surface area contributed by atoms with E-state index >= 15 is 0 Å². The highest BCUT2D eigenvalue weighted by molar-refractivity contribution is 6.31. The highest BCUT2D eigenvalue weighted by atomic mass is 35.5. The standard InChI is InChI=1S/C11H15ClN6O2/c1-3-20-10-5-8(12)7(4-9(10)19-2)6-14-18-11(13)15-16-17-18/h4-5,14H,3,6H2,1-2H3,(H2,13,15,17). The maximum absolute atomic E-state index is 6.21. The first-order valence-electron chi connectivity index (χ1n) is 5.92. The van der Waals surface area contributed by atoms with E-state index in [0.29, 0.717) is 29.7 Å². The zero-order valence-corrected chi connectivity index (χ0v) is 11.9. The van der Waals surface area contributed by atoms with E-state index in [1.807, 2.05) is 6.92 Å². The quantitative estimate of drug-likeness (QED) is 0.822. The van der Waals surface area contributed by atoms with Gasteiger partial charge < -0.3 is 20.6 Å². The molecule has 0 aliphatic rings. The van der Waals surface area contributed by atoms with Crippen molar-refractivity contribution < 1.29 is 9.47 Å². The summed E-state index contributed by atoms with van der Waals surface area (Å²) in [5, 5.41) is 11.2. The van der Waals surface area contributed by atoms with Crippen LogP contribution >= 0.6 is 11.6 Å². The van der Waals surface area contributed by atoms with Crippen molar-refractivity contribution in [2.24, 2.45) is 0 Å². The normalized spacial score (nSPS) is 10.3.